The van der Waals surface area contributed by atoms with Crippen LogP contribution in [0.3, 0.4) is 0 Å². The number of hydrogen-bond acceptors (Lipinski definition) is 3. The molecule has 0 aliphatic heterocycles. The van der Waals surface area contributed by atoms with E-state index >= 15 is 0 Å². The Morgan fingerprint density at radius 1 is 1.53 bits per heavy atom. The van der Waals surface area contributed by atoms with Gasteiger partial charge in [0, 0.05) is 12.7 Å². The van der Waals surface area contributed by atoms with Gasteiger partial charge in [-0.1, -0.05) is 12.8 Å². The van der Waals surface area contributed by atoms with Gasteiger partial charge in [-0.15, -0.1) is 0 Å². The van der Waals surface area contributed by atoms with Crippen molar-refractivity contribution in [1.29, 1.82) is 5.26 Å². The van der Waals surface area contributed by atoms with E-state index in [1.165, 1.54) is 25.7 Å². The predicted molar refractivity (Wildman–Crippen MR) is 59.4 cm³/mol. The molecule has 15 heavy (non-hydrogen) atoms. The lowest BCUT2D eigenvalue weighted by molar-refractivity contribution is 0.687. The van der Waals surface area contributed by atoms with Crippen LogP contribution in [0.5, 0.6) is 0 Å². The van der Waals surface area contributed by atoms with Gasteiger partial charge in [-0.25, -0.2) is 0 Å². The summed E-state index contributed by atoms with van der Waals surface area (Å²) in [5.41, 5.74) is 1.53. The van der Waals surface area contributed by atoms with Crippen molar-refractivity contribution in [3.8, 4) is 6.07 Å². The Balaban J connectivity index is 1.79. The molecule has 0 unspecified atom stereocenters. The van der Waals surface area contributed by atoms with E-state index in [-0.39, 0.29) is 0 Å². The second-order valence-corrected chi connectivity index (χ2v) is 4.05. The molecule has 1 N–H and O–H groups in total. The summed E-state index contributed by atoms with van der Waals surface area (Å²) in [6.07, 6.45) is 8.69. The van der Waals surface area contributed by atoms with Gasteiger partial charge in [-0.05, 0) is 24.8 Å². The van der Waals surface area contributed by atoms with E-state index in [2.05, 4.69) is 16.4 Å². The predicted octanol–water partition coefficient (Wildman–Crippen LogP) is 2.56. The molecular weight excluding hydrogens is 186 g/mol. The van der Waals surface area contributed by atoms with Crippen molar-refractivity contribution in [1.82, 2.24) is 4.98 Å². The number of anilines is 1. The Bertz CT molecular complexity index is 363. The van der Waals surface area contributed by atoms with Crippen LogP contribution in [0.25, 0.3) is 0 Å². The minimum absolute atomic E-state index is 0.677. The smallest absolute Gasteiger partial charge is 0.101 e. The molecule has 0 saturated heterocycles. The fourth-order valence-electron chi connectivity index (χ4n) is 1.65. The first-order valence-corrected chi connectivity index (χ1v) is 5.48. The summed E-state index contributed by atoms with van der Waals surface area (Å²) < 4.78 is 0. The number of hydrogen-bond donors (Lipinski definition) is 1. The molecule has 0 radical (unpaired) electrons. The lowest BCUT2D eigenvalue weighted by atomic mass is 10.2. The second kappa shape index (κ2) is 4.79. The zero-order valence-corrected chi connectivity index (χ0v) is 8.74. The zero-order chi connectivity index (χ0) is 10.5. The zero-order valence-electron chi connectivity index (χ0n) is 8.74. The molecule has 1 saturated carbocycles. The van der Waals surface area contributed by atoms with E-state index in [1.807, 2.05) is 0 Å². The molecule has 0 aromatic carbocycles. The number of aromatic nitrogens is 1. The van der Waals surface area contributed by atoms with Gasteiger partial charge in [0.05, 0.1) is 17.4 Å². The van der Waals surface area contributed by atoms with Crippen molar-refractivity contribution in [2.45, 2.75) is 25.7 Å². The quantitative estimate of drug-likeness (QED) is 0.745. The van der Waals surface area contributed by atoms with Crippen LogP contribution in [0, 0.1) is 17.2 Å². The summed E-state index contributed by atoms with van der Waals surface area (Å²) in [7, 11) is 0. The van der Waals surface area contributed by atoms with E-state index < -0.39 is 0 Å². The number of nitrogens with zero attached hydrogens (tertiary/aromatic N) is 2. The molecule has 1 aliphatic rings. The summed E-state index contributed by atoms with van der Waals surface area (Å²) in [6.45, 7) is 0.941. The molecule has 2 rings (SSSR count). The highest BCUT2D eigenvalue weighted by Crippen LogP contribution is 2.33. The van der Waals surface area contributed by atoms with E-state index in [0.717, 1.165) is 18.2 Å². The van der Waals surface area contributed by atoms with E-state index in [1.54, 1.807) is 18.5 Å². The number of nitrogens with one attached hydrogen (secondary N) is 1. The average Bonchev–Trinajstić information content (AvgIpc) is 3.09. The van der Waals surface area contributed by atoms with E-state index in [0.29, 0.717) is 5.56 Å². The summed E-state index contributed by atoms with van der Waals surface area (Å²) in [5, 5.41) is 12.1. The highest BCUT2D eigenvalue weighted by atomic mass is 14.9. The Hall–Kier alpha value is -1.56. The molecule has 0 atom stereocenters. The maximum atomic E-state index is 8.86. The lowest BCUT2D eigenvalue weighted by Gasteiger charge is -2.06. The fourth-order valence-corrected chi connectivity index (χ4v) is 1.65. The third kappa shape index (κ3) is 2.95. The fraction of sp³-hybridized carbons (Fsp3) is 0.500. The first kappa shape index (κ1) is 9.97. The van der Waals surface area contributed by atoms with Gasteiger partial charge in [-0.2, -0.15) is 5.26 Å². The molecule has 0 bridgehead atoms. The third-order valence-corrected chi connectivity index (χ3v) is 2.74. The molecule has 78 valence electrons. The average molecular weight is 201 g/mol. The molecule has 1 aromatic rings. The van der Waals surface area contributed by atoms with Gasteiger partial charge in [0.1, 0.15) is 6.07 Å². The highest BCUT2D eigenvalue weighted by Gasteiger charge is 2.19. The monoisotopic (exact) mass is 201 g/mol. The maximum absolute atomic E-state index is 8.86. The number of pyridine rings is 1. The minimum Gasteiger partial charge on any atom is -0.383 e. The summed E-state index contributed by atoms with van der Waals surface area (Å²) in [5.74, 6) is 0.983. The van der Waals surface area contributed by atoms with Crippen LogP contribution in [-0.4, -0.2) is 11.5 Å². The molecule has 1 aromatic heterocycles. The minimum atomic E-state index is 0.677. The Labute approximate surface area is 90.1 Å². The molecule has 3 nitrogen and oxygen atoms in total. The van der Waals surface area contributed by atoms with Crippen molar-refractivity contribution >= 4 is 5.69 Å². The van der Waals surface area contributed by atoms with Crippen LogP contribution in [-0.2, 0) is 0 Å². The molecule has 0 amide bonds. The molecule has 1 fully saturated rings. The first-order valence-electron chi connectivity index (χ1n) is 5.48. The van der Waals surface area contributed by atoms with Crippen LogP contribution < -0.4 is 5.32 Å². The summed E-state index contributed by atoms with van der Waals surface area (Å²) in [6, 6.07) is 3.89. The van der Waals surface area contributed by atoms with Crippen molar-refractivity contribution in [3.05, 3.63) is 24.0 Å². The van der Waals surface area contributed by atoms with Crippen LogP contribution in [0.1, 0.15) is 31.2 Å². The van der Waals surface area contributed by atoms with Crippen LogP contribution in [0.2, 0.25) is 0 Å². The van der Waals surface area contributed by atoms with Gasteiger partial charge in [0.25, 0.3) is 0 Å². The van der Waals surface area contributed by atoms with Crippen molar-refractivity contribution < 1.29 is 0 Å². The Morgan fingerprint density at radius 2 is 2.40 bits per heavy atom. The molecule has 1 aliphatic carbocycles. The summed E-state index contributed by atoms with van der Waals surface area (Å²) in [4.78, 5) is 4.01. The molecular formula is C12H15N3. The standard InChI is InChI=1S/C12H15N3/c13-8-11-5-7-14-9-12(11)15-6-1-2-10-3-4-10/h5,7,9-10,15H,1-4,6H2. The van der Waals surface area contributed by atoms with Gasteiger partial charge in [0.15, 0.2) is 0 Å². The maximum Gasteiger partial charge on any atom is 0.101 e. The Morgan fingerprint density at radius 3 is 3.13 bits per heavy atom. The van der Waals surface area contributed by atoms with E-state index in [9.17, 15) is 0 Å². The second-order valence-electron chi connectivity index (χ2n) is 4.05. The van der Waals surface area contributed by atoms with Crippen LogP contribution in [0.4, 0.5) is 5.69 Å². The largest absolute Gasteiger partial charge is 0.383 e. The normalized spacial score (nSPS) is 14.6. The van der Waals surface area contributed by atoms with Gasteiger partial charge < -0.3 is 5.32 Å². The van der Waals surface area contributed by atoms with Gasteiger partial charge >= 0.3 is 0 Å². The molecule has 0 spiro atoms. The summed E-state index contributed by atoms with van der Waals surface area (Å²) >= 11 is 0. The first-order chi connectivity index (χ1) is 7.40. The SMILES string of the molecule is N#Cc1ccncc1NCCCC1CC1. The van der Waals surface area contributed by atoms with Crippen LogP contribution >= 0.6 is 0 Å². The van der Waals surface area contributed by atoms with Crippen molar-refractivity contribution in [2.24, 2.45) is 5.92 Å². The highest BCUT2D eigenvalue weighted by molar-refractivity contribution is 5.55. The van der Waals surface area contributed by atoms with Crippen LogP contribution in [0.15, 0.2) is 18.5 Å². The van der Waals surface area contributed by atoms with E-state index in [4.69, 9.17) is 5.26 Å². The third-order valence-electron chi connectivity index (χ3n) is 2.74. The van der Waals surface area contributed by atoms with Crippen molar-refractivity contribution in [3.63, 3.8) is 0 Å². The number of rotatable bonds is 5. The van der Waals surface area contributed by atoms with Gasteiger partial charge in [0.2, 0.25) is 0 Å². The molecule has 1 heterocycles. The molecule has 3 heteroatoms. The Kier molecular flexibility index (Phi) is 3.18. The number of nitriles is 1. The topological polar surface area (TPSA) is 48.7 Å². The van der Waals surface area contributed by atoms with Crippen molar-refractivity contribution in [2.75, 3.05) is 11.9 Å². The lowest BCUT2D eigenvalue weighted by Crippen LogP contribution is -2.03. The van der Waals surface area contributed by atoms with Gasteiger partial charge in [-0.3, -0.25) is 4.98 Å².